The average Bonchev–Trinajstić information content (AvgIpc) is 2.74. The zero-order chi connectivity index (χ0) is 26.0. The summed E-state index contributed by atoms with van der Waals surface area (Å²) in [7, 11) is -4.67. The van der Waals surface area contributed by atoms with Crippen molar-refractivity contribution >= 4 is 10.4 Å². The van der Waals surface area contributed by atoms with Crippen molar-refractivity contribution in [1.82, 2.24) is 0 Å². The molecule has 0 aliphatic heterocycles. The molecule has 0 heterocycles. The minimum absolute atomic E-state index is 0.0801. The van der Waals surface area contributed by atoms with Gasteiger partial charge in [-0.1, -0.05) is 106 Å². The van der Waals surface area contributed by atoms with E-state index in [9.17, 15) is 0 Å². The highest BCUT2D eigenvalue weighted by Gasteiger charge is 2.54. The summed E-state index contributed by atoms with van der Waals surface area (Å²) >= 11 is 0. The number of hydrogen-bond acceptors (Lipinski definition) is 4. The van der Waals surface area contributed by atoms with Crippen molar-refractivity contribution in [3.8, 4) is 0 Å². The molecule has 0 saturated carbocycles. The SMILES string of the molecule is CCCCC(C)(CCCC)C(N)(CCCCCN)C(C)(CCCC)CCCC.O=S(=O)(O)O. The Morgan fingerprint density at radius 1 is 0.606 bits per heavy atom. The molecule has 202 valence electrons. The van der Waals surface area contributed by atoms with Gasteiger partial charge >= 0.3 is 10.4 Å². The van der Waals surface area contributed by atoms with Crippen LogP contribution in [0.5, 0.6) is 0 Å². The zero-order valence-corrected chi connectivity index (χ0v) is 23.6. The highest BCUT2D eigenvalue weighted by molar-refractivity contribution is 7.79. The smallest absolute Gasteiger partial charge is 0.330 e. The van der Waals surface area contributed by atoms with Crippen LogP contribution in [-0.2, 0) is 10.4 Å². The molecule has 7 heteroatoms. The molecule has 0 aromatic carbocycles. The lowest BCUT2D eigenvalue weighted by Crippen LogP contribution is -2.64. The quantitative estimate of drug-likeness (QED) is 0.110. The topological polar surface area (TPSA) is 127 Å². The summed E-state index contributed by atoms with van der Waals surface area (Å²) in [5, 5.41) is 0. The lowest BCUT2D eigenvalue weighted by atomic mass is 9.50. The molecule has 0 atom stereocenters. The first-order valence-electron chi connectivity index (χ1n) is 13.5. The van der Waals surface area contributed by atoms with Crippen LogP contribution in [0.25, 0.3) is 0 Å². The Morgan fingerprint density at radius 3 is 1.15 bits per heavy atom. The summed E-state index contributed by atoms with van der Waals surface area (Å²) in [5.74, 6) is 0. The predicted octanol–water partition coefficient (Wildman–Crippen LogP) is 7.32. The van der Waals surface area contributed by atoms with Crippen LogP contribution in [0.3, 0.4) is 0 Å². The van der Waals surface area contributed by atoms with E-state index in [0.717, 1.165) is 13.0 Å². The van der Waals surface area contributed by atoms with E-state index >= 15 is 0 Å². The van der Waals surface area contributed by atoms with Crippen LogP contribution in [0.15, 0.2) is 0 Å². The molecule has 0 unspecified atom stereocenters. The minimum Gasteiger partial charge on any atom is -0.330 e. The second-order valence-electron chi connectivity index (χ2n) is 10.6. The molecule has 0 bridgehead atoms. The van der Waals surface area contributed by atoms with E-state index in [2.05, 4.69) is 41.5 Å². The molecule has 0 aromatic rings. The van der Waals surface area contributed by atoms with E-state index in [4.69, 9.17) is 29.0 Å². The summed E-state index contributed by atoms with van der Waals surface area (Å²) in [6.45, 7) is 15.2. The van der Waals surface area contributed by atoms with E-state index < -0.39 is 10.4 Å². The summed E-state index contributed by atoms with van der Waals surface area (Å²) in [4.78, 5) is 0. The average molecular weight is 495 g/mol. The maximum absolute atomic E-state index is 8.74. The molecule has 0 aliphatic carbocycles. The van der Waals surface area contributed by atoms with Crippen molar-refractivity contribution in [3.05, 3.63) is 0 Å². The van der Waals surface area contributed by atoms with Crippen LogP contribution in [0.1, 0.15) is 144 Å². The van der Waals surface area contributed by atoms with Gasteiger partial charge in [0, 0.05) is 5.54 Å². The van der Waals surface area contributed by atoms with Crippen LogP contribution in [0.4, 0.5) is 0 Å². The maximum atomic E-state index is 8.74. The molecule has 0 radical (unpaired) electrons. The third-order valence-electron chi connectivity index (χ3n) is 7.76. The molecule has 0 saturated heterocycles. The molecule has 0 aliphatic rings. The normalized spacial score (nSPS) is 13.0. The second kappa shape index (κ2) is 18.1. The Hall–Kier alpha value is -0.210. The van der Waals surface area contributed by atoms with E-state index in [1.165, 1.54) is 96.3 Å². The van der Waals surface area contributed by atoms with Gasteiger partial charge in [0.05, 0.1) is 0 Å². The van der Waals surface area contributed by atoms with Crippen molar-refractivity contribution in [2.24, 2.45) is 22.3 Å². The molecule has 0 fully saturated rings. The van der Waals surface area contributed by atoms with Gasteiger partial charge in [0.25, 0.3) is 0 Å². The molecule has 33 heavy (non-hydrogen) atoms. The molecule has 0 aromatic heterocycles. The molecular formula is C26H58N2O4S. The van der Waals surface area contributed by atoms with Crippen molar-refractivity contribution in [2.75, 3.05) is 6.54 Å². The largest absolute Gasteiger partial charge is 0.394 e. The summed E-state index contributed by atoms with van der Waals surface area (Å²) in [6, 6.07) is 0. The monoisotopic (exact) mass is 494 g/mol. The number of nitrogens with two attached hydrogens (primary N) is 2. The van der Waals surface area contributed by atoms with Crippen molar-refractivity contribution in [2.45, 2.75) is 150 Å². The van der Waals surface area contributed by atoms with Crippen LogP contribution >= 0.6 is 0 Å². The van der Waals surface area contributed by atoms with Crippen LogP contribution in [0.2, 0.25) is 0 Å². The fourth-order valence-corrected chi connectivity index (χ4v) is 5.47. The predicted molar refractivity (Wildman–Crippen MR) is 143 cm³/mol. The summed E-state index contributed by atoms with van der Waals surface area (Å²) in [6.07, 6.45) is 20.2. The van der Waals surface area contributed by atoms with Gasteiger partial charge in [-0.05, 0) is 55.9 Å². The Balaban J connectivity index is 0. The third-order valence-corrected chi connectivity index (χ3v) is 7.76. The molecule has 0 amide bonds. The highest BCUT2D eigenvalue weighted by atomic mass is 32.3. The van der Waals surface area contributed by atoms with Gasteiger partial charge in [-0.3, -0.25) is 9.11 Å². The van der Waals surface area contributed by atoms with Crippen LogP contribution < -0.4 is 11.5 Å². The molecule has 6 N–H and O–H groups in total. The van der Waals surface area contributed by atoms with Gasteiger partial charge in [-0.2, -0.15) is 8.42 Å². The van der Waals surface area contributed by atoms with Gasteiger partial charge in [0.15, 0.2) is 0 Å². The first kappa shape index (κ1) is 35.0. The number of hydrogen-bond donors (Lipinski definition) is 4. The minimum atomic E-state index is -4.67. The Morgan fingerprint density at radius 2 is 0.909 bits per heavy atom. The van der Waals surface area contributed by atoms with E-state index in [1.807, 2.05) is 0 Å². The number of rotatable bonds is 19. The van der Waals surface area contributed by atoms with Crippen molar-refractivity contribution in [3.63, 3.8) is 0 Å². The molecule has 0 rings (SSSR count). The third kappa shape index (κ3) is 14.1. The van der Waals surface area contributed by atoms with Crippen LogP contribution in [0, 0.1) is 10.8 Å². The Kier molecular flexibility index (Phi) is 19.2. The van der Waals surface area contributed by atoms with E-state index in [0.29, 0.717) is 0 Å². The maximum Gasteiger partial charge on any atom is 0.394 e. The highest BCUT2D eigenvalue weighted by Crippen LogP contribution is 2.55. The van der Waals surface area contributed by atoms with Crippen molar-refractivity contribution in [1.29, 1.82) is 0 Å². The van der Waals surface area contributed by atoms with E-state index in [-0.39, 0.29) is 16.4 Å². The fourth-order valence-electron chi connectivity index (χ4n) is 5.47. The first-order valence-corrected chi connectivity index (χ1v) is 14.9. The summed E-state index contributed by atoms with van der Waals surface area (Å²) < 4.78 is 31.6. The van der Waals surface area contributed by atoms with Gasteiger partial charge in [0.2, 0.25) is 0 Å². The van der Waals surface area contributed by atoms with Gasteiger partial charge in [-0.15, -0.1) is 0 Å². The van der Waals surface area contributed by atoms with E-state index in [1.54, 1.807) is 0 Å². The van der Waals surface area contributed by atoms with Gasteiger partial charge in [-0.25, -0.2) is 0 Å². The molecule has 6 nitrogen and oxygen atoms in total. The fraction of sp³-hybridized carbons (Fsp3) is 1.00. The number of unbranched alkanes of at least 4 members (excludes halogenated alkanes) is 6. The van der Waals surface area contributed by atoms with Gasteiger partial charge < -0.3 is 11.5 Å². The Labute approximate surface area is 206 Å². The lowest BCUT2D eigenvalue weighted by molar-refractivity contribution is -0.0275. The molecule has 0 spiro atoms. The lowest BCUT2D eigenvalue weighted by Gasteiger charge is -2.58. The second-order valence-corrected chi connectivity index (χ2v) is 11.4. The Bertz CT molecular complexity index is 517. The first-order chi connectivity index (χ1) is 15.3. The zero-order valence-electron chi connectivity index (χ0n) is 22.8. The summed E-state index contributed by atoms with van der Waals surface area (Å²) in [5.41, 5.74) is 13.8. The molecular weight excluding hydrogens is 436 g/mol. The van der Waals surface area contributed by atoms with Gasteiger partial charge in [0.1, 0.15) is 0 Å². The van der Waals surface area contributed by atoms with Crippen LogP contribution in [-0.4, -0.2) is 29.6 Å². The standard InChI is InChI=1S/C26H56N2.H2O4S/c1-7-11-18-24(5,19-12-8-2)26(28,22-16-15-17-23-27)25(6,20-13-9-3)21-14-10-4;1-5(2,3)4/h7-23,27-28H2,1-6H3;(H2,1,2,3,4). The van der Waals surface area contributed by atoms with Crippen molar-refractivity contribution < 1.29 is 17.5 Å².